The highest BCUT2D eigenvalue weighted by atomic mass is 35.5. The smallest absolute Gasteiger partial charge is 0.276 e. The fourth-order valence-electron chi connectivity index (χ4n) is 3.23. The van der Waals surface area contributed by atoms with E-state index in [4.69, 9.17) is 0 Å². The average Bonchev–Trinajstić information content (AvgIpc) is 3.18. The van der Waals surface area contributed by atoms with Crippen LogP contribution in [0, 0.1) is 13.8 Å². The number of H-pyrrole nitrogens is 1. The number of carbonyl (C=O) groups excluding carboxylic acids is 1. The van der Waals surface area contributed by atoms with Crippen molar-refractivity contribution in [3.8, 4) is 5.69 Å². The van der Waals surface area contributed by atoms with E-state index in [1.54, 1.807) is 0 Å². The molecular weight excluding hydrogens is 352 g/mol. The zero-order valence-corrected chi connectivity index (χ0v) is 15.5. The molecule has 2 aromatic heterocycles. The summed E-state index contributed by atoms with van der Waals surface area (Å²) >= 11 is 0. The summed E-state index contributed by atoms with van der Waals surface area (Å²) in [6, 6.07) is 9.65. The van der Waals surface area contributed by atoms with E-state index < -0.39 is 0 Å². The summed E-state index contributed by atoms with van der Waals surface area (Å²) < 4.78 is 1.84. The summed E-state index contributed by atoms with van der Waals surface area (Å²) in [5, 5.41) is 18.0. The zero-order chi connectivity index (χ0) is 17.4. The SMILES string of the molecule is Cc1cc(C)n(-c2ccccc2NC(=O)c2n[nH]c3c2CNCC3)n1.Cl. The third-order valence-electron chi connectivity index (χ3n) is 4.41. The summed E-state index contributed by atoms with van der Waals surface area (Å²) in [7, 11) is 0. The Balaban J connectivity index is 0.00000196. The molecule has 0 bridgehead atoms. The number of rotatable bonds is 3. The van der Waals surface area contributed by atoms with Gasteiger partial charge in [0.2, 0.25) is 0 Å². The van der Waals surface area contributed by atoms with E-state index in [0.29, 0.717) is 17.9 Å². The van der Waals surface area contributed by atoms with Gasteiger partial charge in [-0.15, -0.1) is 12.4 Å². The molecular formula is C18H21ClN6O. The number of aryl methyl sites for hydroxylation is 2. The van der Waals surface area contributed by atoms with E-state index in [1.165, 1.54) is 0 Å². The van der Waals surface area contributed by atoms with Crippen LogP contribution in [0.2, 0.25) is 0 Å². The second kappa shape index (κ2) is 7.31. The van der Waals surface area contributed by atoms with Gasteiger partial charge in [-0.25, -0.2) is 4.68 Å². The first-order valence-corrected chi connectivity index (χ1v) is 8.34. The number of nitrogens with zero attached hydrogens (tertiary/aromatic N) is 3. The molecule has 4 rings (SSSR count). The quantitative estimate of drug-likeness (QED) is 0.659. The maximum absolute atomic E-state index is 12.8. The Morgan fingerprint density at radius 1 is 1.27 bits per heavy atom. The number of hydrogen-bond donors (Lipinski definition) is 3. The summed E-state index contributed by atoms with van der Waals surface area (Å²) in [6.45, 7) is 5.51. The predicted octanol–water partition coefficient (Wildman–Crippen LogP) is 2.53. The summed E-state index contributed by atoms with van der Waals surface area (Å²) in [6.07, 6.45) is 0.859. The van der Waals surface area contributed by atoms with Crippen molar-refractivity contribution in [2.45, 2.75) is 26.8 Å². The highest BCUT2D eigenvalue weighted by molar-refractivity contribution is 6.05. The molecule has 0 fully saturated rings. The maximum Gasteiger partial charge on any atom is 0.276 e. The number of aromatic amines is 1. The normalized spacial score (nSPS) is 13.0. The Kier molecular flexibility index (Phi) is 5.11. The topological polar surface area (TPSA) is 87.6 Å². The monoisotopic (exact) mass is 372 g/mol. The lowest BCUT2D eigenvalue weighted by Crippen LogP contribution is -2.25. The molecule has 3 heterocycles. The minimum Gasteiger partial charge on any atom is -0.319 e. The van der Waals surface area contributed by atoms with Crippen LogP contribution in [0.3, 0.4) is 0 Å². The van der Waals surface area contributed by atoms with Crippen LogP contribution < -0.4 is 10.6 Å². The lowest BCUT2D eigenvalue weighted by Gasteiger charge is -2.14. The molecule has 0 atom stereocenters. The van der Waals surface area contributed by atoms with Gasteiger partial charge in [0.1, 0.15) is 0 Å². The third-order valence-corrected chi connectivity index (χ3v) is 4.41. The van der Waals surface area contributed by atoms with Gasteiger partial charge in [-0.1, -0.05) is 12.1 Å². The van der Waals surface area contributed by atoms with Crippen molar-refractivity contribution in [3.05, 3.63) is 58.7 Å². The molecule has 0 spiro atoms. The number of nitrogens with one attached hydrogen (secondary N) is 3. The molecule has 7 nitrogen and oxygen atoms in total. The molecule has 1 aromatic carbocycles. The number of para-hydroxylation sites is 2. The van der Waals surface area contributed by atoms with Crippen LogP contribution >= 0.6 is 12.4 Å². The molecule has 0 unspecified atom stereocenters. The molecule has 1 amide bonds. The van der Waals surface area contributed by atoms with Gasteiger partial charge >= 0.3 is 0 Å². The average molecular weight is 373 g/mol. The molecule has 0 aliphatic carbocycles. The van der Waals surface area contributed by atoms with Crippen molar-refractivity contribution in [3.63, 3.8) is 0 Å². The fraction of sp³-hybridized carbons (Fsp3) is 0.278. The number of carbonyl (C=O) groups is 1. The van der Waals surface area contributed by atoms with Crippen molar-refractivity contribution in [1.29, 1.82) is 0 Å². The number of amides is 1. The number of benzene rings is 1. The Morgan fingerprint density at radius 2 is 2.08 bits per heavy atom. The first kappa shape index (κ1) is 18.2. The van der Waals surface area contributed by atoms with Gasteiger partial charge in [-0.05, 0) is 32.0 Å². The van der Waals surface area contributed by atoms with Crippen molar-refractivity contribution in [2.75, 3.05) is 11.9 Å². The van der Waals surface area contributed by atoms with Crippen LogP contribution in [0.1, 0.15) is 33.1 Å². The highest BCUT2D eigenvalue weighted by Crippen LogP contribution is 2.23. The molecule has 3 aromatic rings. The number of hydrogen-bond acceptors (Lipinski definition) is 4. The van der Waals surface area contributed by atoms with Crippen molar-refractivity contribution in [1.82, 2.24) is 25.3 Å². The van der Waals surface area contributed by atoms with E-state index in [2.05, 4.69) is 25.9 Å². The number of anilines is 1. The van der Waals surface area contributed by atoms with Crippen molar-refractivity contribution in [2.24, 2.45) is 0 Å². The second-order valence-electron chi connectivity index (χ2n) is 6.27. The third kappa shape index (κ3) is 3.23. The van der Waals surface area contributed by atoms with Crippen LogP contribution in [0.25, 0.3) is 5.69 Å². The number of fused-ring (bicyclic) bond motifs is 1. The van der Waals surface area contributed by atoms with Crippen LogP contribution in [0.5, 0.6) is 0 Å². The van der Waals surface area contributed by atoms with E-state index in [0.717, 1.165) is 41.3 Å². The molecule has 8 heteroatoms. The Labute approximate surface area is 157 Å². The van der Waals surface area contributed by atoms with E-state index >= 15 is 0 Å². The van der Waals surface area contributed by atoms with Crippen molar-refractivity contribution >= 4 is 24.0 Å². The summed E-state index contributed by atoms with van der Waals surface area (Å²) in [5.41, 5.74) is 5.93. The largest absolute Gasteiger partial charge is 0.319 e. The van der Waals surface area contributed by atoms with Gasteiger partial charge < -0.3 is 10.6 Å². The second-order valence-corrected chi connectivity index (χ2v) is 6.27. The lowest BCUT2D eigenvalue weighted by molar-refractivity contribution is 0.102. The predicted molar refractivity (Wildman–Crippen MR) is 102 cm³/mol. The molecule has 1 aliphatic heterocycles. The minimum absolute atomic E-state index is 0. The van der Waals surface area contributed by atoms with E-state index in [-0.39, 0.29) is 18.3 Å². The molecule has 0 saturated carbocycles. The minimum atomic E-state index is -0.213. The van der Waals surface area contributed by atoms with Gasteiger partial charge in [0, 0.05) is 36.5 Å². The van der Waals surface area contributed by atoms with Crippen LogP contribution in [0.4, 0.5) is 5.69 Å². The molecule has 3 N–H and O–H groups in total. The number of halogens is 1. The lowest BCUT2D eigenvalue weighted by atomic mass is 10.1. The molecule has 0 saturated heterocycles. The van der Waals surface area contributed by atoms with Crippen LogP contribution in [-0.2, 0) is 13.0 Å². The zero-order valence-electron chi connectivity index (χ0n) is 14.7. The van der Waals surface area contributed by atoms with Gasteiger partial charge in [-0.3, -0.25) is 9.89 Å². The standard InChI is InChI=1S/C18H20N6O.ClH/c1-11-9-12(2)24(23-11)16-6-4-3-5-15(16)20-18(25)17-13-10-19-8-7-14(13)21-22-17;/h3-6,9,19H,7-8,10H2,1-2H3,(H,20,25)(H,21,22);1H. The molecule has 136 valence electrons. The van der Waals surface area contributed by atoms with Crippen molar-refractivity contribution < 1.29 is 4.79 Å². The first-order chi connectivity index (χ1) is 12.1. The van der Waals surface area contributed by atoms with E-state index in [1.807, 2.05) is 48.9 Å². The number of aromatic nitrogens is 4. The molecule has 1 aliphatic rings. The Morgan fingerprint density at radius 3 is 2.85 bits per heavy atom. The fourth-order valence-corrected chi connectivity index (χ4v) is 3.23. The summed E-state index contributed by atoms with van der Waals surface area (Å²) in [4.78, 5) is 12.8. The molecule has 0 radical (unpaired) electrons. The maximum atomic E-state index is 12.8. The first-order valence-electron chi connectivity index (χ1n) is 8.34. The van der Waals surface area contributed by atoms with Gasteiger partial charge in [0.25, 0.3) is 5.91 Å². The van der Waals surface area contributed by atoms with Gasteiger partial charge in [-0.2, -0.15) is 10.2 Å². The van der Waals surface area contributed by atoms with E-state index in [9.17, 15) is 4.79 Å². The summed E-state index contributed by atoms with van der Waals surface area (Å²) in [5.74, 6) is -0.213. The van der Waals surface area contributed by atoms with Crippen LogP contribution in [-0.4, -0.2) is 32.4 Å². The van der Waals surface area contributed by atoms with Crippen LogP contribution in [0.15, 0.2) is 30.3 Å². The Bertz CT molecular complexity index is 945. The molecule has 26 heavy (non-hydrogen) atoms. The Hall–Kier alpha value is -2.64. The van der Waals surface area contributed by atoms with Gasteiger partial charge in [0.15, 0.2) is 5.69 Å². The highest BCUT2D eigenvalue weighted by Gasteiger charge is 2.22. The van der Waals surface area contributed by atoms with Gasteiger partial charge in [0.05, 0.1) is 17.1 Å².